The Balaban J connectivity index is 1.38. The van der Waals surface area contributed by atoms with E-state index in [4.69, 9.17) is 14.1 Å². The van der Waals surface area contributed by atoms with Crippen LogP contribution in [0.5, 0.6) is 5.75 Å². The van der Waals surface area contributed by atoms with Gasteiger partial charge < -0.3 is 19.8 Å². The first-order chi connectivity index (χ1) is 21.0. The number of thioether (sulfide) groups is 1. The quantitative estimate of drug-likeness (QED) is 0.137. The number of ether oxygens (including phenoxy) is 1. The normalized spacial score (nSPS) is 11.7. The molecule has 0 aliphatic heterocycles. The molecule has 10 heteroatoms. The third kappa shape index (κ3) is 7.15. The highest BCUT2D eigenvalue weighted by Gasteiger charge is 2.23. The van der Waals surface area contributed by atoms with Crippen LogP contribution >= 0.6 is 11.8 Å². The smallest absolute Gasteiger partial charge is 0.262 e. The number of anilines is 1. The number of furan rings is 1. The van der Waals surface area contributed by atoms with E-state index in [-0.39, 0.29) is 30.5 Å². The molecule has 0 aliphatic rings. The number of aromatic nitrogens is 2. The zero-order valence-electron chi connectivity index (χ0n) is 23.9. The van der Waals surface area contributed by atoms with E-state index in [9.17, 15) is 14.4 Å². The largest absolute Gasteiger partial charge is 0.492 e. The molecule has 0 fully saturated rings. The van der Waals surface area contributed by atoms with Crippen LogP contribution in [0.2, 0.25) is 0 Å². The number of nitrogens with one attached hydrogen (secondary N) is 2. The minimum atomic E-state index is -0.519. The van der Waals surface area contributed by atoms with Crippen LogP contribution < -0.4 is 20.9 Å². The van der Waals surface area contributed by atoms with Crippen LogP contribution in [0.1, 0.15) is 41.9 Å². The molecule has 0 unspecified atom stereocenters. The number of fused-ring (bicyclic) bond motifs is 1. The van der Waals surface area contributed by atoms with E-state index in [1.807, 2.05) is 50.2 Å². The number of nitrogens with zero attached hydrogens (tertiary/aromatic N) is 2. The molecule has 43 heavy (non-hydrogen) atoms. The predicted molar refractivity (Wildman–Crippen MR) is 168 cm³/mol. The Kier molecular flexibility index (Phi) is 9.58. The molecule has 0 spiro atoms. The molecule has 0 aliphatic carbocycles. The summed E-state index contributed by atoms with van der Waals surface area (Å²) in [5.74, 6) is 0.817. The Morgan fingerprint density at radius 3 is 2.49 bits per heavy atom. The average molecular weight is 597 g/mol. The molecule has 0 bridgehead atoms. The first-order valence-corrected chi connectivity index (χ1v) is 14.9. The fourth-order valence-corrected chi connectivity index (χ4v) is 5.53. The second-order valence-electron chi connectivity index (χ2n) is 9.69. The summed E-state index contributed by atoms with van der Waals surface area (Å²) < 4.78 is 12.5. The van der Waals surface area contributed by atoms with Crippen LogP contribution in [0.15, 0.2) is 106 Å². The summed E-state index contributed by atoms with van der Waals surface area (Å²) in [5, 5.41) is 6.21. The highest BCUT2D eigenvalue weighted by Crippen LogP contribution is 2.29. The van der Waals surface area contributed by atoms with E-state index in [1.165, 1.54) is 11.8 Å². The van der Waals surface area contributed by atoms with Crippen LogP contribution in [0.25, 0.3) is 10.9 Å². The van der Waals surface area contributed by atoms with Crippen molar-refractivity contribution in [1.29, 1.82) is 0 Å². The van der Waals surface area contributed by atoms with Gasteiger partial charge in [-0.1, -0.05) is 55.1 Å². The molecule has 2 aromatic heterocycles. The maximum absolute atomic E-state index is 13.7. The van der Waals surface area contributed by atoms with Gasteiger partial charge in [0, 0.05) is 5.56 Å². The van der Waals surface area contributed by atoms with Crippen molar-refractivity contribution in [2.24, 2.45) is 0 Å². The van der Waals surface area contributed by atoms with E-state index in [0.717, 1.165) is 5.56 Å². The maximum Gasteiger partial charge on any atom is 0.262 e. The maximum atomic E-state index is 13.7. The topological polar surface area (TPSA) is 115 Å². The van der Waals surface area contributed by atoms with Crippen molar-refractivity contribution in [3.8, 4) is 5.75 Å². The summed E-state index contributed by atoms with van der Waals surface area (Å²) in [7, 11) is 0. The number of hydrogen-bond acceptors (Lipinski definition) is 7. The minimum absolute atomic E-state index is 0.203. The van der Waals surface area contributed by atoms with Crippen LogP contribution in [0.4, 0.5) is 5.69 Å². The number of carbonyl (C=O) groups excluding carboxylic acids is 2. The van der Waals surface area contributed by atoms with Crippen molar-refractivity contribution in [1.82, 2.24) is 14.9 Å². The van der Waals surface area contributed by atoms with E-state index in [1.54, 1.807) is 59.4 Å². The number of rotatable bonds is 12. The zero-order chi connectivity index (χ0) is 30.2. The van der Waals surface area contributed by atoms with Gasteiger partial charge in [0.05, 0.1) is 47.8 Å². The minimum Gasteiger partial charge on any atom is -0.492 e. The lowest BCUT2D eigenvalue weighted by atomic mass is 10.1. The fourth-order valence-electron chi connectivity index (χ4n) is 4.52. The fraction of sp³-hybridized carbons (Fsp3) is 0.212. The molecular formula is C33H32N4O5S. The number of para-hydroxylation sites is 3. The SMILES string of the molecule is CCOc1ccccc1NC(=O)[C@@H](CC)Sc1nc2ccccc2c(=O)n1Cc1ccc(C(=O)NCc2ccco2)cc1. The molecule has 5 rings (SSSR count). The van der Waals surface area contributed by atoms with Gasteiger partial charge >= 0.3 is 0 Å². The Bertz CT molecular complexity index is 1770. The molecular weight excluding hydrogens is 564 g/mol. The molecule has 2 amide bonds. The summed E-state index contributed by atoms with van der Waals surface area (Å²) in [6, 6.07) is 25.1. The van der Waals surface area contributed by atoms with Crippen LogP contribution in [0.3, 0.4) is 0 Å². The number of amides is 2. The monoisotopic (exact) mass is 596 g/mol. The number of hydrogen-bond donors (Lipinski definition) is 2. The van der Waals surface area contributed by atoms with Gasteiger partial charge in [-0.25, -0.2) is 4.98 Å². The molecule has 9 nitrogen and oxygen atoms in total. The van der Waals surface area contributed by atoms with Crippen LogP contribution in [-0.4, -0.2) is 33.2 Å². The lowest BCUT2D eigenvalue weighted by molar-refractivity contribution is -0.115. The molecule has 0 radical (unpaired) electrons. The molecule has 220 valence electrons. The third-order valence-electron chi connectivity index (χ3n) is 6.74. The van der Waals surface area contributed by atoms with Gasteiger partial charge in [-0.05, 0) is 67.4 Å². The number of carbonyl (C=O) groups is 2. The third-order valence-corrected chi connectivity index (χ3v) is 8.10. The average Bonchev–Trinajstić information content (AvgIpc) is 3.55. The van der Waals surface area contributed by atoms with Gasteiger partial charge in [-0.2, -0.15) is 0 Å². The van der Waals surface area contributed by atoms with Crippen LogP contribution in [0, 0.1) is 0 Å². The summed E-state index contributed by atoms with van der Waals surface area (Å²) in [6.45, 7) is 4.79. The van der Waals surface area contributed by atoms with Crippen LogP contribution in [-0.2, 0) is 17.9 Å². The Hall–Kier alpha value is -4.83. The van der Waals surface area contributed by atoms with Gasteiger partial charge in [-0.3, -0.25) is 19.0 Å². The number of benzene rings is 3. The van der Waals surface area contributed by atoms with Crippen molar-refractivity contribution >= 4 is 40.2 Å². The first-order valence-electron chi connectivity index (χ1n) is 14.0. The van der Waals surface area contributed by atoms with E-state index < -0.39 is 5.25 Å². The Morgan fingerprint density at radius 2 is 1.74 bits per heavy atom. The highest BCUT2D eigenvalue weighted by atomic mass is 32.2. The van der Waals surface area contributed by atoms with Gasteiger partial charge in [0.2, 0.25) is 5.91 Å². The highest BCUT2D eigenvalue weighted by molar-refractivity contribution is 8.00. The first kappa shape index (κ1) is 29.7. The van der Waals surface area contributed by atoms with Crippen molar-refractivity contribution in [3.63, 3.8) is 0 Å². The van der Waals surface area contributed by atoms with Crippen molar-refractivity contribution < 1.29 is 18.7 Å². The molecule has 2 heterocycles. The lowest BCUT2D eigenvalue weighted by Crippen LogP contribution is -2.28. The Labute approximate surface area is 253 Å². The molecule has 0 saturated carbocycles. The van der Waals surface area contributed by atoms with E-state index in [2.05, 4.69) is 10.6 Å². The van der Waals surface area contributed by atoms with Gasteiger partial charge in [-0.15, -0.1) is 0 Å². The second-order valence-corrected chi connectivity index (χ2v) is 10.9. The van der Waals surface area contributed by atoms with Gasteiger partial charge in [0.1, 0.15) is 11.5 Å². The molecule has 2 N–H and O–H groups in total. The summed E-state index contributed by atoms with van der Waals surface area (Å²) >= 11 is 1.25. The molecule has 0 saturated heterocycles. The zero-order valence-corrected chi connectivity index (χ0v) is 24.7. The molecule has 1 atom stereocenters. The molecule has 5 aromatic rings. The standard InChI is InChI=1S/C33H32N4O5S/c1-3-29(31(39)35-27-13-7-8-14-28(27)41-4-2)43-33-36-26-12-6-5-11-25(26)32(40)37(33)21-22-15-17-23(18-16-22)30(38)34-20-24-10-9-19-42-24/h5-19,29H,3-4,20-21H2,1-2H3,(H,34,38)(H,35,39)/t29-/m1/s1. The Morgan fingerprint density at radius 1 is 0.977 bits per heavy atom. The van der Waals surface area contributed by atoms with Crippen molar-refractivity contribution in [2.75, 3.05) is 11.9 Å². The van der Waals surface area contributed by atoms with Crippen molar-refractivity contribution in [2.45, 2.75) is 43.8 Å². The van der Waals surface area contributed by atoms with E-state index >= 15 is 0 Å². The second kappa shape index (κ2) is 13.9. The van der Waals surface area contributed by atoms with Crippen molar-refractivity contribution in [3.05, 3.63) is 118 Å². The van der Waals surface area contributed by atoms with Gasteiger partial charge in [0.25, 0.3) is 11.5 Å². The summed E-state index contributed by atoms with van der Waals surface area (Å²) in [5.41, 5.74) is 2.25. The summed E-state index contributed by atoms with van der Waals surface area (Å²) in [6.07, 6.45) is 2.07. The van der Waals surface area contributed by atoms with Gasteiger partial charge in [0.15, 0.2) is 5.16 Å². The molecule has 3 aromatic carbocycles. The van der Waals surface area contributed by atoms with E-state index in [0.29, 0.717) is 51.8 Å². The summed E-state index contributed by atoms with van der Waals surface area (Å²) in [4.78, 5) is 44.5. The predicted octanol–water partition coefficient (Wildman–Crippen LogP) is 5.88. The lowest BCUT2D eigenvalue weighted by Gasteiger charge is -2.19.